The highest BCUT2D eigenvalue weighted by molar-refractivity contribution is 9.10. The van der Waals surface area contributed by atoms with E-state index in [0.29, 0.717) is 5.56 Å². The third kappa shape index (κ3) is 2.03. The average Bonchev–Trinajstić information content (AvgIpc) is 2.08. The molecule has 0 spiro atoms. The molecular formula is C8H9BrFNO. The largest absolute Gasteiger partial charge is 0.394 e. The zero-order valence-electron chi connectivity index (χ0n) is 6.30. The Hall–Kier alpha value is -0.450. The highest BCUT2D eigenvalue weighted by atomic mass is 79.9. The summed E-state index contributed by atoms with van der Waals surface area (Å²) in [5.41, 5.74) is 5.78. The van der Waals surface area contributed by atoms with Crippen LogP contribution >= 0.6 is 15.9 Å². The molecule has 0 amide bonds. The lowest BCUT2D eigenvalue weighted by atomic mass is 10.1. The van der Waals surface area contributed by atoms with Crippen LogP contribution in [0.5, 0.6) is 0 Å². The fourth-order valence-corrected chi connectivity index (χ4v) is 1.28. The van der Waals surface area contributed by atoms with Gasteiger partial charge in [-0.05, 0) is 18.2 Å². The van der Waals surface area contributed by atoms with Crippen LogP contribution in [0.25, 0.3) is 0 Å². The summed E-state index contributed by atoms with van der Waals surface area (Å²) in [6, 6.07) is 3.82. The number of aliphatic hydroxyl groups is 1. The molecule has 0 aliphatic heterocycles. The molecule has 2 nitrogen and oxygen atoms in total. The Balaban J connectivity index is 3.04. The van der Waals surface area contributed by atoms with Crippen molar-refractivity contribution in [1.29, 1.82) is 0 Å². The second-order valence-electron chi connectivity index (χ2n) is 2.45. The Labute approximate surface area is 78.3 Å². The zero-order chi connectivity index (χ0) is 9.14. The van der Waals surface area contributed by atoms with Crippen molar-refractivity contribution in [3.8, 4) is 0 Å². The van der Waals surface area contributed by atoms with E-state index < -0.39 is 6.04 Å². The standard InChI is InChI=1S/C8H9BrFNO/c9-5-1-2-7(10)6(3-5)8(11)4-12/h1-3,8,12H,4,11H2/t8-/m1/s1. The summed E-state index contributed by atoms with van der Waals surface area (Å²) in [7, 11) is 0. The van der Waals surface area contributed by atoms with Crippen molar-refractivity contribution in [1.82, 2.24) is 0 Å². The van der Waals surface area contributed by atoms with Crippen molar-refractivity contribution in [2.24, 2.45) is 5.73 Å². The Kier molecular flexibility index (Phi) is 3.20. The second-order valence-corrected chi connectivity index (χ2v) is 3.37. The topological polar surface area (TPSA) is 46.2 Å². The van der Waals surface area contributed by atoms with Crippen molar-refractivity contribution in [3.05, 3.63) is 34.1 Å². The quantitative estimate of drug-likeness (QED) is 0.815. The number of hydrogen-bond donors (Lipinski definition) is 2. The van der Waals surface area contributed by atoms with Crippen LogP contribution in [0.1, 0.15) is 11.6 Å². The molecule has 0 aliphatic carbocycles. The van der Waals surface area contributed by atoms with Crippen LogP contribution in [0.3, 0.4) is 0 Å². The van der Waals surface area contributed by atoms with E-state index in [1.54, 1.807) is 12.1 Å². The molecule has 0 saturated carbocycles. The molecule has 1 atom stereocenters. The normalized spacial score (nSPS) is 13.0. The number of rotatable bonds is 2. The van der Waals surface area contributed by atoms with Gasteiger partial charge in [-0.3, -0.25) is 0 Å². The molecule has 0 fully saturated rings. The number of halogens is 2. The second kappa shape index (κ2) is 3.98. The van der Waals surface area contributed by atoms with Crippen molar-refractivity contribution in [2.75, 3.05) is 6.61 Å². The summed E-state index contributed by atoms with van der Waals surface area (Å²) in [5, 5.41) is 8.70. The number of aliphatic hydroxyl groups excluding tert-OH is 1. The van der Waals surface area contributed by atoms with Crippen LogP contribution in [-0.4, -0.2) is 11.7 Å². The third-order valence-electron chi connectivity index (χ3n) is 1.55. The lowest BCUT2D eigenvalue weighted by Crippen LogP contribution is -2.15. The Morgan fingerprint density at radius 1 is 1.58 bits per heavy atom. The molecule has 0 saturated heterocycles. The minimum Gasteiger partial charge on any atom is -0.394 e. The van der Waals surface area contributed by atoms with Gasteiger partial charge in [0.1, 0.15) is 5.82 Å². The molecule has 1 aromatic rings. The summed E-state index contributed by atoms with van der Waals surface area (Å²) in [6.45, 7) is -0.257. The number of nitrogens with two attached hydrogens (primary N) is 1. The molecule has 0 radical (unpaired) electrons. The van der Waals surface area contributed by atoms with Gasteiger partial charge in [0.25, 0.3) is 0 Å². The van der Waals surface area contributed by atoms with Gasteiger partial charge >= 0.3 is 0 Å². The van der Waals surface area contributed by atoms with Gasteiger partial charge < -0.3 is 10.8 Å². The van der Waals surface area contributed by atoms with Gasteiger partial charge in [0, 0.05) is 10.0 Å². The maximum Gasteiger partial charge on any atom is 0.128 e. The average molecular weight is 234 g/mol. The summed E-state index contributed by atoms with van der Waals surface area (Å²) in [5.74, 6) is -0.389. The molecular weight excluding hydrogens is 225 g/mol. The van der Waals surface area contributed by atoms with Crippen LogP contribution in [0.15, 0.2) is 22.7 Å². The zero-order valence-corrected chi connectivity index (χ0v) is 7.88. The minimum absolute atomic E-state index is 0.257. The molecule has 0 bridgehead atoms. The van der Waals surface area contributed by atoms with E-state index in [2.05, 4.69) is 15.9 Å². The maximum atomic E-state index is 13.0. The van der Waals surface area contributed by atoms with Crippen LogP contribution in [0.4, 0.5) is 4.39 Å². The van der Waals surface area contributed by atoms with Crippen molar-refractivity contribution in [3.63, 3.8) is 0 Å². The van der Waals surface area contributed by atoms with E-state index >= 15 is 0 Å². The molecule has 4 heteroatoms. The molecule has 1 aromatic carbocycles. The predicted octanol–water partition coefficient (Wildman–Crippen LogP) is 1.58. The molecule has 1 rings (SSSR count). The van der Waals surface area contributed by atoms with Gasteiger partial charge in [-0.1, -0.05) is 15.9 Å². The van der Waals surface area contributed by atoms with Gasteiger partial charge in [0.2, 0.25) is 0 Å². The van der Waals surface area contributed by atoms with E-state index in [0.717, 1.165) is 4.47 Å². The minimum atomic E-state index is -0.650. The monoisotopic (exact) mass is 233 g/mol. The van der Waals surface area contributed by atoms with Crippen LogP contribution in [0.2, 0.25) is 0 Å². The predicted molar refractivity (Wildman–Crippen MR) is 48.1 cm³/mol. The molecule has 0 aromatic heterocycles. The smallest absolute Gasteiger partial charge is 0.128 e. The molecule has 0 aliphatic rings. The van der Waals surface area contributed by atoms with E-state index in [1.165, 1.54) is 6.07 Å². The van der Waals surface area contributed by atoms with E-state index in [-0.39, 0.29) is 12.4 Å². The lowest BCUT2D eigenvalue weighted by molar-refractivity contribution is 0.265. The SMILES string of the molecule is N[C@H](CO)c1cc(Br)ccc1F. The molecule has 3 N–H and O–H groups in total. The highest BCUT2D eigenvalue weighted by Crippen LogP contribution is 2.19. The first-order valence-electron chi connectivity index (χ1n) is 3.46. The fourth-order valence-electron chi connectivity index (χ4n) is 0.897. The van der Waals surface area contributed by atoms with Crippen molar-refractivity contribution >= 4 is 15.9 Å². The Bertz CT molecular complexity index is 280. The summed E-state index contributed by atoms with van der Waals surface area (Å²) in [6.07, 6.45) is 0. The number of hydrogen-bond acceptors (Lipinski definition) is 2. The van der Waals surface area contributed by atoms with Crippen LogP contribution in [-0.2, 0) is 0 Å². The Morgan fingerprint density at radius 3 is 2.83 bits per heavy atom. The highest BCUT2D eigenvalue weighted by Gasteiger charge is 2.09. The van der Waals surface area contributed by atoms with Crippen LogP contribution in [0, 0.1) is 5.82 Å². The van der Waals surface area contributed by atoms with Gasteiger partial charge in [0.05, 0.1) is 12.6 Å². The van der Waals surface area contributed by atoms with Crippen LogP contribution < -0.4 is 5.73 Å². The van der Waals surface area contributed by atoms with Gasteiger partial charge in [-0.25, -0.2) is 4.39 Å². The van der Waals surface area contributed by atoms with Gasteiger partial charge in [-0.15, -0.1) is 0 Å². The molecule has 12 heavy (non-hydrogen) atoms. The molecule has 0 heterocycles. The van der Waals surface area contributed by atoms with Crippen molar-refractivity contribution in [2.45, 2.75) is 6.04 Å². The van der Waals surface area contributed by atoms with E-state index in [1.807, 2.05) is 0 Å². The summed E-state index contributed by atoms with van der Waals surface area (Å²) >= 11 is 3.19. The lowest BCUT2D eigenvalue weighted by Gasteiger charge is -2.09. The first-order valence-corrected chi connectivity index (χ1v) is 4.26. The summed E-state index contributed by atoms with van der Waals surface area (Å²) < 4.78 is 13.7. The molecule has 0 unspecified atom stereocenters. The Morgan fingerprint density at radius 2 is 2.25 bits per heavy atom. The fraction of sp³-hybridized carbons (Fsp3) is 0.250. The third-order valence-corrected chi connectivity index (χ3v) is 2.05. The van der Waals surface area contributed by atoms with Gasteiger partial charge in [0.15, 0.2) is 0 Å². The first kappa shape index (κ1) is 9.64. The van der Waals surface area contributed by atoms with E-state index in [4.69, 9.17) is 10.8 Å². The first-order chi connectivity index (χ1) is 5.65. The maximum absolute atomic E-state index is 13.0. The number of benzene rings is 1. The van der Waals surface area contributed by atoms with E-state index in [9.17, 15) is 4.39 Å². The summed E-state index contributed by atoms with van der Waals surface area (Å²) in [4.78, 5) is 0. The van der Waals surface area contributed by atoms with Gasteiger partial charge in [-0.2, -0.15) is 0 Å². The molecule has 66 valence electrons. The van der Waals surface area contributed by atoms with Crippen molar-refractivity contribution < 1.29 is 9.50 Å².